The van der Waals surface area contributed by atoms with E-state index < -0.39 is 0 Å². The molecule has 0 saturated heterocycles. The van der Waals surface area contributed by atoms with Crippen LogP contribution in [-0.4, -0.2) is 13.9 Å². The van der Waals surface area contributed by atoms with Crippen LogP contribution in [0.15, 0.2) is 0 Å². The predicted octanol–water partition coefficient (Wildman–Crippen LogP) is 2.12. The van der Waals surface area contributed by atoms with Gasteiger partial charge in [-0.3, -0.25) is 0 Å². The van der Waals surface area contributed by atoms with Crippen molar-refractivity contribution in [1.29, 1.82) is 0 Å². The van der Waals surface area contributed by atoms with Crippen LogP contribution < -0.4 is 5.73 Å². The molecule has 0 rings (SSSR count). The summed E-state index contributed by atoms with van der Waals surface area (Å²) in [5.41, 5.74) is 5.97. The molecule has 64 valence electrons. The van der Waals surface area contributed by atoms with Gasteiger partial charge in [0.15, 0.2) is 0 Å². The molecule has 2 atom stereocenters. The third-order valence-corrected chi connectivity index (χ3v) is 2.56. The highest BCUT2D eigenvalue weighted by Gasteiger charge is 2.18. The van der Waals surface area contributed by atoms with E-state index in [0.29, 0.717) is 5.92 Å². The molecule has 0 aromatic carbocycles. The van der Waals surface area contributed by atoms with Crippen LogP contribution in [0.5, 0.6) is 0 Å². The summed E-state index contributed by atoms with van der Waals surface area (Å²) in [6.07, 6.45) is 3.27. The molecule has 2 unspecified atom stereocenters. The van der Waals surface area contributed by atoms with Crippen LogP contribution in [0, 0.1) is 5.92 Å². The van der Waals surface area contributed by atoms with Gasteiger partial charge in [-0.2, -0.15) is 0 Å². The second-order valence-corrected chi connectivity index (χ2v) is 3.23. The number of nitrogens with two attached hydrogens (primary N) is 1. The molecule has 0 aliphatic heterocycles. The molecule has 0 fully saturated rings. The first-order valence-electron chi connectivity index (χ1n) is 4.68. The standard InChI is InChI=1S/C9H20BN/c1-4-7(5-2)9(11)8(10)6-3/h7-9H,4-6,11H2,1-3H3. The zero-order valence-corrected chi connectivity index (χ0v) is 8.01. The van der Waals surface area contributed by atoms with Gasteiger partial charge in [0.05, 0.1) is 7.85 Å². The van der Waals surface area contributed by atoms with Crippen molar-refractivity contribution >= 4 is 7.85 Å². The lowest BCUT2D eigenvalue weighted by Gasteiger charge is -2.26. The van der Waals surface area contributed by atoms with E-state index in [4.69, 9.17) is 13.6 Å². The zero-order valence-electron chi connectivity index (χ0n) is 8.01. The normalized spacial score (nSPS) is 16.8. The molecule has 0 aliphatic carbocycles. The molecule has 0 aromatic rings. The fraction of sp³-hybridized carbons (Fsp3) is 1.00. The van der Waals surface area contributed by atoms with E-state index in [0.717, 1.165) is 19.3 Å². The number of rotatable bonds is 5. The van der Waals surface area contributed by atoms with Crippen molar-refractivity contribution in [3.63, 3.8) is 0 Å². The Labute approximate surface area is 72.2 Å². The van der Waals surface area contributed by atoms with Crippen LogP contribution in [0.3, 0.4) is 0 Å². The van der Waals surface area contributed by atoms with Crippen LogP contribution in [0.1, 0.15) is 40.0 Å². The third kappa shape index (κ3) is 3.28. The number of hydrogen-bond donors (Lipinski definition) is 1. The average molecular weight is 153 g/mol. The highest BCUT2D eigenvalue weighted by atomic mass is 14.7. The molecule has 2 radical (unpaired) electrons. The van der Waals surface area contributed by atoms with Crippen LogP contribution in [0.2, 0.25) is 5.82 Å². The van der Waals surface area contributed by atoms with Crippen molar-refractivity contribution in [2.24, 2.45) is 11.7 Å². The molecule has 0 aliphatic rings. The molecule has 2 heteroatoms. The smallest absolute Gasteiger partial charge is 0.0720 e. The van der Waals surface area contributed by atoms with Crippen molar-refractivity contribution in [2.75, 3.05) is 0 Å². The topological polar surface area (TPSA) is 26.0 Å². The van der Waals surface area contributed by atoms with Gasteiger partial charge in [-0.05, 0) is 5.92 Å². The summed E-state index contributed by atoms with van der Waals surface area (Å²) in [4.78, 5) is 0. The minimum atomic E-state index is 0.180. The highest BCUT2D eigenvalue weighted by molar-refractivity contribution is 6.12. The Morgan fingerprint density at radius 1 is 1.09 bits per heavy atom. The maximum atomic E-state index is 5.97. The predicted molar refractivity (Wildman–Crippen MR) is 51.8 cm³/mol. The van der Waals surface area contributed by atoms with Gasteiger partial charge in [-0.25, -0.2) is 0 Å². The lowest BCUT2D eigenvalue weighted by atomic mass is 9.73. The monoisotopic (exact) mass is 153 g/mol. The summed E-state index contributed by atoms with van der Waals surface area (Å²) >= 11 is 0. The lowest BCUT2D eigenvalue weighted by Crippen LogP contribution is -2.33. The van der Waals surface area contributed by atoms with Gasteiger partial charge in [0.1, 0.15) is 0 Å². The Balaban J connectivity index is 3.86. The van der Waals surface area contributed by atoms with Crippen LogP contribution in [0.4, 0.5) is 0 Å². The zero-order chi connectivity index (χ0) is 8.85. The molecule has 1 nitrogen and oxygen atoms in total. The van der Waals surface area contributed by atoms with Gasteiger partial charge in [0.25, 0.3) is 0 Å². The van der Waals surface area contributed by atoms with Crippen molar-refractivity contribution in [3.05, 3.63) is 0 Å². The molecule has 0 bridgehead atoms. The second-order valence-electron chi connectivity index (χ2n) is 3.23. The minimum absolute atomic E-state index is 0.180. The summed E-state index contributed by atoms with van der Waals surface area (Å²) in [7, 11) is 5.84. The summed E-state index contributed by atoms with van der Waals surface area (Å²) in [6.45, 7) is 6.44. The van der Waals surface area contributed by atoms with Gasteiger partial charge in [0, 0.05) is 6.04 Å². The first-order chi connectivity index (χ1) is 5.17. The van der Waals surface area contributed by atoms with E-state index in [2.05, 4.69) is 20.8 Å². The van der Waals surface area contributed by atoms with Gasteiger partial charge < -0.3 is 5.73 Å². The molecular formula is C9H20BN. The van der Waals surface area contributed by atoms with E-state index in [-0.39, 0.29) is 11.9 Å². The van der Waals surface area contributed by atoms with Crippen LogP contribution in [-0.2, 0) is 0 Å². The van der Waals surface area contributed by atoms with Crippen molar-refractivity contribution in [3.8, 4) is 0 Å². The van der Waals surface area contributed by atoms with E-state index in [1.165, 1.54) is 0 Å². The van der Waals surface area contributed by atoms with Crippen LogP contribution in [0.25, 0.3) is 0 Å². The average Bonchev–Trinajstić information content (AvgIpc) is 2.05. The first-order valence-corrected chi connectivity index (χ1v) is 4.68. The van der Waals surface area contributed by atoms with E-state index in [1.54, 1.807) is 0 Å². The van der Waals surface area contributed by atoms with E-state index >= 15 is 0 Å². The summed E-state index contributed by atoms with van der Waals surface area (Å²) in [6, 6.07) is 0.190. The van der Waals surface area contributed by atoms with Gasteiger partial charge in [-0.1, -0.05) is 45.9 Å². The Kier molecular flexibility index (Phi) is 5.66. The Hall–Kier alpha value is 0.0249. The van der Waals surface area contributed by atoms with Gasteiger partial charge in [-0.15, -0.1) is 0 Å². The third-order valence-electron chi connectivity index (χ3n) is 2.56. The molecule has 0 aromatic heterocycles. The minimum Gasteiger partial charge on any atom is -0.328 e. The molecule has 0 saturated carbocycles. The van der Waals surface area contributed by atoms with Crippen molar-refractivity contribution in [2.45, 2.75) is 51.9 Å². The molecule has 2 N–H and O–H groups in total. The molecule has 11 heavy (non-hydrogen) atoms. The van der Waals surface area contributed by atoms with E-state index in [1.807, 2.05) is 0 Å². The Bertz CT molecular complexity index is 91.6. The quantitative estimate of drug-likeness (QED) is 0.601. The number of hydrogen-bond acceptors (Lipinski definition) is 1. The van der Waals surface area contributed by atoms with Gasteiger partial charge >= 0.3 is 0 Å². The molecular weight excluding hydrogens is 133 g/mol. The fourth-order valence-corrected chi connectivity index (χ4v) is 1.45. The van der Waals surface area contributed by atoms with E-state index in [9.17, 15) is 0 Å². The summed E-state index contributed by atoms with van der Waals surface area (Å²) in [5.74, 6) is 0.782. The second kappa shape index (κ2) is 5.65. The molecule has 0 spiro atoms. The fourth-order valence-electron chi connectivity index (χ4n) is 1.45. The SMILES string of the molecule is [B]C(CC)C(N)C(CC)CC. The summed E-state index contributed by atoms with van der Waals surface area (Å²) < 4.78 is 0. The maximum absolute atomic E-state index is 5.97. The van der Waals surface area contributed by atoms with Crippen LogP contribution >= 0.6 is 0 Å². The maximum Gasteiger partial charge on any atom is 0.0720 e. The Morgan fingerprint density at radius 3 is 1.82 bits per heavy atom. The first kappa shape index (κ1) is 11.0. The molecule has 0 amide bonds. The summed E-state index contributed by atoms with van der Waals surface area (Å²) in [5, 5.41) is 0. The van der Waals surface area contributed by atoms with Gasteiger partial charge in [0.2, 0.25) is 0 Å². The molecule has 0 heterocycles. The highest BCUT2D eigenvalue weighted by Crippen LogP contribution is 2.21. The van der Waals surface area contributed by atoms with Crippen molar-refractivity contribution in [1.82, 2.24) is 0 Å². The Morgan fingerprint density at radius 2 is 1.55 bits per heavy atom. The lowest BCUT2D eigenvalue weighted by molar-refractivity contribution is 0.376. The largest absolute Gasteiger partial charge is 0.328 e. The van der Waals surface area contributed by atoms with Crippen molar-refractivity contribution < 1.29 is 0 Å².